The van der Waals surface area contributed by atoms with E-state index in [-0.39, 0.29) is 18.1 Å². The molecular weight excluding hydrogens is 374 g/mol. The van der Waals surface area contributed by atoms with Crippen molar-refractivity contribution in [1.82, 2.24) is 25.5 Å². The number of rotatable bonds is 4. The van der Waals surface area contributed by atoms with Crippen molar-refractivity contribution in [3.63, 3.8) is 0 Å². The van der Waals surface area contributed by atoms with Gasteiger partial charge in [0.2, 0.25) is 11.3 Å². The first-order valence-electron chi connectivity index (χ1n) is 9.49. The van der Waals surface area contributed by atoms with E-state index in [2.05, 4.69) is 16.0 Å². The summed E-state index contributed by atoms with van der Waals surface area (Å²) in [7, 11) is 0. The molecule has 3 amide bonds. The van der Waals surface area contributed by atoms with Gasteiger partial charge in [-0.3, -0.25) is 30.0 Å². The van der Waals surface area contributed by atoms with Crippen LogP contribution in [0.25, 0.3) is 5.69 Å². The number of amides is 3. The van der Waals surface area contributed by atoms with Crippen molar-refractivity contribution < 1.29 is 14.4 Å². The maximum atomic E-state index is 12.4. The Bertz CT molecular complexity index is 971. The number of benzene rings is 1. The first-order chi connectivity index (χ1) is 14.0. The van der Waals surface area contributed by atoms with Crippen LogP contribution in [0.3, 0.4) is 0 Å². The Morgan fingerprint density at radius 1 is 1.07 bits per heavy atom. The lowest BCUT2D eigenvalue weighted by Crippen LogP contribution is -2.48. The molecule has 1 aliphatic rings. The van der Waals surface area contributed by atoms with E-state index in [0.717, 1.165) is 19.3 Å². The lowest BCUT2D eigenvalue weighted by molar-refractivity contribution is -0.135. The van der Waals surface area contributed by atoms with E-state index in [0.29, 0.717) is 24.3 Å². The van der Waals surface area contributed by atoms with Crippen LogP contribution in [0.15, 0.2) is 41.2 Å². The van der Waals surface area contributed by atoms with Crippen molar-refractivity contribution in [2.24, 2.45) is 0 Å². The van der Waals surface area contributed by atoms with Gasteiger partial charge in [-0.05, 0) is 31.9 Å². The Kier molecular flexibility index (Phi) is 6.38. The van der Waals surface area contributed by atoms with Gasteiger partial charge in [0.15, 0.2) is 5.69 Å². The molecule has 29 heavy (non-hydrogen) atoms. The second-order valence-corrected chi connectivity index (χ2v) is 6.87. The molecule has 2 heterocycles. The molecule has 2 N–H and O–H groups in total. The topological polar surface area (TPSA) is 113 Å². The summed E-state index contributed by atoms with van der Waals surface area (Å²) in [6, 6.07) is 10.4. The Hall–Kier alpha value is -3.49. The van der Waals surface area contributed by atoms with Crippen LogP contribution < -0.4 is 16.3 Å². The van der Waals surface area contributed by atoms with Gasteiger partial charge >= 0.3 is 0 Å². The predicted octanol–water partition coefficient (Wildman–Crippen LogP) is 0.705. The number of carbonyl (C=O) groups excluding carboxylic acids is 3. The van der Waals surface area contributed by atoms with Crippen LogP contribution in [0.4, 0.5) is 0 Å². The largest absolute Gasteiger partial charge is 0.333 e. The van der Waals surface area contributed by atoms with Crippen molar-refractivity contribution in [2.75, 3.05) is 13.1 Å². The number of para-hydroxylation sites is 1. The number of hydrogen-bond donors (Lipinski definition) is 2. The van der Waals surface area contributed by atoms with E-state index in [1.54, 1.807) is 19.1 Å². The summed E-state index contributed by atoms with van der Waals surface area (Å²) in [4.78, 5) is 50.1. The second-order valence-electron chi connectivity index (χ2n) is 6.87. The number of likely N-dealkylation sites (tertiary alicyclic amines) is 1. The average molecular weight is 397 g/mol. The van der Waals surface area contributed by atoms with Gasteiger partial charge in [0.1, 0.15) is 6.54 Å². The zero-order chi connectivity index (χ0) is 20.8. The maximum absolute atomic E-state index is 12.4. The quantitative estimate of drug-likeness (QED) is 0.738. The summed E-state index contributed by atoms with van der Waals surface area (Å²) >= 11 is 0. The van der Waals surface area contributed by atoms with Gasteiger partial charge in [-0.2, -0.15) is 5.10 Å². The average Bonchev–Trinajstić information content (AvgIpc) is 2.91. The number of hydrazine groups is 1. The molecule has 1 aliphatic heterocycles. The SMILES string of the molecule is Cc1cc(=O)c(C(=O)NNC(=O)CN2CCCCCC2=O)nn1-c1ccccc1. The van der Waals surface area contributed by atoms with Crippen LogP contribution in [0.5, 0.6) is 0 Å². The molecule has 2 aromatic rings. The molecule has 0 radical (unpaired) electrons. The molecule has 152 valence electrons. The summed E-state index contributed by atoms with van der Waals surface area (Å²) < 4.78 is 1.48. The maximum Gasteiger partial charge on any atom is 0.294 e. The molecule has 0 saturated carbocycles. The van der Waals surface area contributed by atoms with E-state index in [1.807, 2.05) is 18.2 Å². The minimum absolute atomic E-state index is 0.0741. The Morgan fingerprint density at radius 3 is 2.59 bits per heavy atom. The lowest BCUT2D eigenvalue weighted by Gasteiger charge is -2.19. The molecule has 0 atom stereocenters. The number of nitrogens with one attached hydrogen (secondary N) is 2. The number of carbonyl (C=O) groups is 3. The fraction of sp³-hybridized carbons (Fsp3) is 0.350. The lowest BCUT2D eigenvalue weighted by atomic mass is 10.2. The molecule has 1 aromatic heterocycles. The van der Waals surface area contributed by atoms with E-state index in [9.17, 15) is 19.2 Å². The number of aromatic nitrogens is 2. The highest BCUT2D eigenvalue weighted by Crippen LogP contribution is 2.10. The van der Waals surface area contributed by atoms with Crippen molar-refractivity contribution in [3.8, 4) is 5.69 Å². The molecule has 1 saturated heterocycles. The molecule has 9 heteroatoms. The standard InChI is InChI=1S/C20H23N5O4/c1-14-12-16(26)19(23-25(14)15-8-4-2-5-9-15)20(29)22-21-17(27)13-24-11-7-3-6-10-18(24)28/h2,4-5,8-9,12H,3,6-7,10-11,13H2,1H3,(H,21,27)(H,22,29). The molecule has 9 nitrogen and oxygen atoms in total. The highest BCUT2D eigenvalue weighted by molar-refractivity contribution is 5.94. The fourth-order valence-electron chi connectivity index (χ4n) is 3.14. The van der Waals surface area contributed by atoms with Crippen LogP contribution >= 0.6 is 0 Å². The van der Waals surface area contributed by atoms with E-state index >= 15 is 0 Å². The minimum Gasteiger partial charge on any atom is -0.333 e. The Morgan fingerprint density at radius 2 is 1.83 bits per heavy atom. The normalized spacial score (nSPS) is 14.2. The smallest absolute Gasteiger partial charge is 0.294 e. The van der Waals surface area contributed by atoms with Gasteiger partial charge in [-0.1, -0.05) is 24.6 Å². The molecule has 3 rings (SSSR count). The van der Waals surface area contributed by atoms with E-state index in [1.165, 1.54) is 15.6 Å². The van der Waals surface area contributed by atoms with Gasteiger partial charge in [-0.15, -0.1) is 0 Å². The molecule has 0 bridgehead atoms. The summed E-state index contributed by atoms with van der Waals surface area (Å²) in [6.45, 7) is 2.08. The van der Waals surface area contributed by atoms with Crippen LogP contribution in [0, 0.1) is 6.92 Å². The third kappa shape index (κ3) is 5.07. The zero-order valence-electron chi connectivity index (χ0n) is 16.2. The Labute approximate surface area is 167 Å². The van der Waals surface area contributed by atoms with Crippen LogP contribution in [0.1, 0.15) is 41.9 Å². The number of nitrogens with zero attached hydrogens (tertiary/aromatic N) is 3. The summed E-state index contributed by atoms with van der Waals surface area (Å²) in [5.41, 5.74) is 4.83. The summed E-state index contributed by atoms with van der Waals surface area (Å²) in [5, 5.41) is 4.14. The van der Waals surface area contributed by atoms with Gasteiger partial charge in [0.05, 0.1) is 5.69 Å². The summed E-state index contributed by atoms with van der Waals surface area (Å²) in [6.07, 6.45) is 3.04. The predicted molar refractivity (Wildman–Crippen MR) is 105 cm³/mol. The van der Waals surface area contributed by atoms with E-state index < -0.39 is 17.2 Å². The third-order valence-corrected chi connectivity index (χ3v) is 4.64. The van der Waals surface area contributed by atoms with Gasteiger partial charge < -0.3 is 4.90 Å². The fourth-order valence-corrected chi connectivity index (χ4v) is 3.14. The first-order valence-corrected chi connectivity index (χ1v) is 9.49. The van der Waals surface area contributed by atoms with Gasteiger partial charge in [0, 0.05) is 24.7 Å². The molecule has 1 fully saturated rings. The molecule has 0 aliphatic carbocycles. The monoisotopic (exact) mass is 397 g/mol. The van der Waals surface area contributed by atoms with Crippen LogP contribution in [-0.4, -0.2) is 45.5 Å². The van der Waals surface area contributed by atoms with E-state index in [4.69, 9.17) is 0 Å². The first kappa shape index (κ1) is 20.2. The van der Waals surface area contributed by atoms with Crippen molar-refractivity contribution in [3.05, 3.63) is 58.0 Å². The van der Waals surface area contributed by atoms with Crippen molar-refractivity contribution in [2.45, 2.75) is 32.6 Å². The number of hydrogen-bond acceptors (Lipinski definition) is 5. The van der Waals surface area contributed by atoms with Crippen LogP contribution in [0.2, 0.25) is 0 Å². The van der Waals surface area contributed by atoms with Crippen molar-refractivity contribution in [1.29, 1.82) is 0 Å². The van der Waals surface area contributed by atoms with Gasteiger partial charge in [-0.25, -0.2) is 4.68 Å². The molecule has 0 unspecified atom stereocenters. The zero-order valence-corrected chi connectivity index (χ0v) is 16.2. The second kappa shape index (κ2) is 9.13. The third-order valence-electron chi connectivity index (χ3n) is 4.64. The highest BCUT2D eigenvalue weighted by Gasteiger charge is 2.20. The molecular formula is C20H23N5O4. The Balaban J connectivity index is 1.67. The minimum atomic E-state index is -0.824. The highest BCUT2D eigenvalue weighted by atomic mass is 16.2. The van der Waals surface area contributed by atoms with Crippen molar-refractivity contribution >= 4 is 17.7 Å². The number of aryl methyl sites for hydroxylation is 1. The summed E-state index contributed by atoms with van der Waals surface area (Å²) in [5.74, 6) is -1.44. The molecule has 0 spiro atoms. The van der Waals surface area contributed by atoms with Gasteiger partial charge in [0.25, 0.3) is 11.8 Å². The molecule has 1 aromatic carbocycles. The van der Waals surface area contributed by atoms with Crippen LogP contribution in [-0.2, 0) is 9.59 Å².